The lowest BCUT2D eigenvalue weighted by atomic mass is 10.0. The lowest BCUT2D eigenvalue weighted by Gasteiger charge is -2.24. The summed E-state index contributed by atoms with van der Waals surface area (Å²) in [4.78, 5) is 3.03. The van der Waals surface area contributed by atoms with Gasteiger partial charge in [-0.3, -0.25) is 0 Å². The van der Waals surface area contributed by atoms with E-state index < -0.39 is 0 Å². The predicted octanol–water partition coefficient (Wildman–Crippen LogP) is -5.34. The van der Waals surface area contributed by atoms with Crippen LogP contribution in [-0.2, 0) is 0 Å². The minimum absolute atomic E-state index is 0. The normalized spacial score (nSPS) is 23.2. The average molecular weight is 300 g/mol. The maximum absolute atomic E-state index is 6.02. The van der Waals surface area contributed by atoms with Gasteiger partial charge in [0, 0.05) is 18.9 Å². The fourth-order valence-electron chi connectivity index (χ4n) is 1.96. The molecule has 2 atom stereocenters. The second-order valence-corrected chi connectivity index (χ2v) is 4.52. The van der Waals surface area contributed by atoms with Gasteiger partial charge in [-0.25, -0.2) is 0 Å². The third-order valence-electron chi connectivity index (χ3n) is 2.75. The smallest absolute Gasteiger partial charge is 0.385 e. The quantitative estimate of drug-likeness (QED) is 0.582. The van der Waals surface area contributed by atoms with Gasteiger partial charge in [-0.1, -0.05) is 11.6 Å². The van der Waals surface area contributed by atoms with Crippen LogP contribution in [0.15, 0.2) is 18.3 Å². The number of quaternary nitrogens is 1. The van der Waals surface area contributed by atoms with Crippen LogP contribution < -0.4 is 39.9 Å². The maximum atomic E-state index is 6.02. The minimum atomic E-state index is 0. The van der Waals surface area contributed by atoms with Gasteiger partial charge < -0.3 is 34.9 Å². The van der Waals surface area contributed by atoms with E-state index in [2.05, 4.69) is 17.2 Å². The molecule has 1 saturated heterocycles. The van der Waals surface area contributed by atoms with Crippen LogP contribution in [0.4, 0.5) is 0 Å². The molecule has 3 nitrogen and oxygen atoms in total. The third kappa shape index (κ3) is 4.88. The second-order valence-electron chi connectivity index (χ2n) is 4.11. The number of nitrogens with two attached hydrogens (primary N) is 1. The molecule has 1 aromatic rings. The van der Waals surface area contributed by atoms with E-state index in [0.717, 1.165) is 19.4 Å². The van der Waals surface area contributed by atoms with Gasteiger partial charge in [0.1, 0.15) is 6.10 Å². The summed E-state index contributed by atoms with van der Waals surface area (Å²) in [6.07, 6.45) is 4.29. The molecule has 0 aromatic carbocycles. The van der Waals surface area contributed by atoms with E-state index in [1.807, 2.05) is 18.3 Å². The molecule has 98 valence electrons. The number of aromatic nitrogens is 1. The lowest BCUT2D eigenvalue weighted by Crippen LogP contribution is -3.00. The van der Waals surface area contributed by atoms with Crippen molar-refractivity contribution in [3.63, 3.8) is 0 Å². The third-order valence-corrected chi connectivity index (χ3v) is 3.04. The Hall–Kier alpha value is -0.220. The Morgan fingerprint density at radius 1 is 1.47 bits per heavy atom. The fraction of sp³-hybridized carbons (Fsp3) is 0.545. The monoisotopic (exact) mass is 298 g/mol. The summed E-state index contributed by atoms with van der Waals surface area (Å²) in [5, 5.41) is 3.01. The van der Waals surface area contributed by atoms with Gasteiger partial charge in [0.15, 0.2) is 11.2 Å². The van der Waals surface area contributed by atoms with Crippen molar-refractivity contribution in [2.45, 2.75) is 31.9 Å². The molecule has 1 aliphatic rings. The second kappa shape index (κ2) is 7.98. The number of pyridine rings is 1. The molecule has 0 radical (unpaired) electrons. The zero-order valence-electron chi connectivity index (χ0n) is 9.63. The highest BCUT2D eigenvalue weighted by molar-refractivity contribution is 6.31. The number of halogens is 3. The molecule has 2 heterocycles. The van der Waals surface area contributed by atoms with Crippen LogP contribution in [0.1, 0.15) is 19.8 Å². The highest BCUT2D eigenvalue weighted by Crippen LogP contribution is 2.20. The Bertz CT molecular complexity index is 338. The van der Waals surface area contributed by atoms with Crippen LogP contribution in [-0.4, -0.2) is 18.7 Å². The SMILES string of the molecule is C[C@H]1C[C@@H](Oc2[nH+]cccc2Cl)CC[NH2+]1.[Cl-].[Cl-]. The van der Waals surface area contributed by atoms with Crippen molar-refractivity contribution in [2.75, 3.05) is 6.54 Å². The first kappa shape index (κ1) is 16.8. The molecule has 6 heteroatoms. The fourth-order valence-corrected chi connectivity index (χ4v) is 2.13. The predicted molar refractivity (Wildman–Crippen MR) is 57.9 cm³/mol. The number of hydrogen-bond acceptors (Lipinski definition) is 1. The van der Waals surface area contributed by atoms with Crippen molar-refractivity contribution in [3.05, 3.63) is 23.4 Å². The van der Waals surface area contributed by atoms with Crippen LogP contribution >= 0.6 is 11.6 Å². The number of rotatable bonds is 2. The van der Waals surface area contributed by atoms with E-state index in [-0.39, 0.29) is 24.8 Å². The Kier molecular flexibility index (Phi) is 7.88. The highest BCUT2D eigenvalue weighted by atomic mass is 35.5. The molecular formula is C11H17Cl3N2O. The first-order valence-electron chi connectivity index (χ1n) is 5.42. The van der Waals surface area contributed by atoms with E-state index in [4.69, 9.17) is 16.3 Å². The minimum Gasteiger partial charge on any atom is -1.00 e. The summed E-state index contributed by atoms with van der Waals surface area (Å²) in [6, 6.07) is 4.35. The molecule has 1 fully saturated rings. The summed E-state index contributed by atoms with van der Waals surface area (Å²) in [7, 11) is 0. The van der Waals surface area contributed by atoms with Gasteiger partial charge in [0.2, 0.25) is 0 Å². The summed E-state index contributed by atoms with van der Waals surface area (Å²) < 4.78 is 5.85. The Labute approximate surface area is 119 Å². The molecule has 17 heavy (non-hydrogen) atoms. The molecule has 0 saturated carbocycles. The molecule has 1 aliphatic heterocycles. The van der Waals surface area contributed by atoms with E-state index in [0.29, 0.717) is 23.0 Å². The number of nitrogens with one attached hydrogen (secondary N) is 1. The van der Waals surface area contributed by atoms with Gasteiger partial charge in [0.25, 0.3) is 0 Å². The molecule has 0 aliphatic carbocycles. The largest absolute Gasteiger partial charge is 1.00 e. The molecule has 2 rings (SSSR count). The van der Waals surface area contributed by atoms with Crippen molar-refractivity contribution in [1.29, 1.82) is 0 Å². The van der Waals surface area contributed by atoms with Gasteiger partial charge >= 0.3 is 5.88 Å². The number of piperidine rings is 1. The van der Waals surface area contributed by atoms with Crippen LogP contribution in [0, 0.1) is 0 Å². The van der Waals surface area contributed by atoms with Gasteiger partial charge in [-0.05, 0) is 13.0 Å². The van der Waals surface area contributed by atoms with Gasteiger partial charge in [-0.15, -0.1) is 0 Å². The van der Waals surface area contributed by atoms with E-state index in [1.54, 1.807) is 0 Å². The van der Waals surface area contributed by atoms with Crippen molar-refractivity contribution in [2.24, 2.45) is 0 Å². The lowest BCUT2D eigenvalue weighted by molar-refractivity contribution is -0.696. The number of H-pyrrole nitrogens is 1. The summed E-state index contributed by atoms with van der Waals surface area (Å²) >= 11 is 6.02. The summed E-state index contributed by atoms with van der Waals surface area (Å²) in [5.74, 6) is 0.693. The highest BCUT2D eigenvalue weighted by Gasteiger charge is 2.25. The number of hydrogen-bond donors (Lipinski definition) is 1. The first-order chi connectivity index (χ1) is 7.25. The van der Waals surface area contributed by atoms with Gasteiger partial charge in [0.05, 0.1) is 12.6 Å². The van der Waals surface area contributed by atoms with Crippen LogP contribution in [0.25, 0.3) is 0 Å². The first-order valence-corrected chi connectivity index (χ1v) is 5.79. The van der Waals surface area contributed by atoms with Crippen molar-refractivity contribution < 1.29 is 39.9 Å². The topological polar surface area (TPSA) is 40.0 Å². The molecule has 0 spiro atoms. The van der Waals surface area contributed by atoms with Crippen molar-refractivity contribution >= 4 is 11.6 Å². The molecule has 3 N–H and O–H groups in total. The number of ether oxygens (including phenoxy) is 1. The Morgan fingerprint density at radius 3 is 2.88 bits per heavy atom. The summed E-state index contributed by atoms with van der Waals surface area (Å²) in [6.45, 7) is 3.36. The Balaban J connectivity index is 0.00000128. The van der Waals surface area contributed by atoms with E-state index in [1.165, 1.54) is 0 Å². The van der Waals surface area contributed by atoms with Gasteiger partial charge in [-0.2, -0.15) is 4.98 Å². The molecule has 0 bridgehead atoms. The molecule has 1 aromatic heterocycles. The number of aromatic amines is 1. The van der Waals surface area contributed by atoms with Crippen LogP contribution in [0.5, 0.6) is 5.88 Å². The Morgan fingerprint density at radius 2 is 2.24 bits per heavy atom. The molecular weight excluding hydrogens is 282 g/mol. The summed E-state index contributed by atoms with van der Waals surface area (Å²) in [5.41, 5.74) is 0. The van der Waals surface area contributed by atoms with Crippen LogP contribution in [0.3, 0.4) is 0 Å². The van der Waals surface area contributed by atoms with Crippen molar-refractivity contribution in [1.82, 2.24) is 0 Å². The molecule has 0 unspecified atom stereocenters. The van der Waals surface area contributed by atoms with Crippen molar-refractivity contribution in [3.8, 4) is 5.88 Å². The van der Waals surface area contributed by atoms with Crippen LogP contribution in [0.2, 0.25) is 5.02 Å². The zero-order chi connectivity index (χ0) is 10.7. The maximum Gasteiger partial charge on any atom is 0.385 e. The zero-order valence-corrected chi connectivity index (χ0v) is 11.9. The molecule has 0 amide bonds. The van der Waals surface area contributed by atoms with E-state index in [9.17, 15) is 0 Å². The van der Waals surface area contributed by atoms with E-state index >= 15 is 0 Å². The standard InChI is InChI=1S/C11H15ClN2O.2ClH/c1-8-7-9(4-6-13-8)15-11-10(12)3-2-5-14-11;;/h2-3,5,8-9,13H,4,6-7H2,1H3;2*1H/t8-,9-;;/m0../s1. The average Bonchev–Trinajstić information content (AvgIpc) is 2.22.